The van der Waals surface area contributed by atoms with Crippen LogP contribution in [-0.4, -0.2) is 4.98 Å². The summed E-state index contributed by atoms with van der Waals surface area (Å²) in [6.07, 6.45) is 1.08. The van der Waals surface area contributed by atoms with E-state index in [1.165, 1.54) is 0 Å². The predicted molar refractivity (Wildman–Crippen MR) is 46.1 cm³/mol. The van der Waals surface area contributed by atoms with Crippen molar-refractivity contribution in [1.82, 2.24) is 4.98 Å². The summed E-state index contributed by atoms with van der Waals surface area (Å²) >= 11 is 0. The Kier molecular flexibility index (Phi) is 2.04. The average Bonchev–Trinajstić information content (AvgIpc) is 2.56. The van der Waals surface area contributed by atoms with E-state index < -0.39 is 17.5 Å². The van der Waals surface area contributed by atoms with Crippen molar-refractivity contribution < 1.29 is 13.2 Å². The van der Waals surface area contributed by atoms with E-state index in [2.05, 4.69) is 4.98 Å². The average molecular weight is 197 g/mol. The molecule has 0 radical (unpaired) electrons. The van der Waals surface area contributed by atoms with E-state index in [0.29, 0.717) is 0 Å². The third-order valence-electron chi connectivity index (χ3n) is 1.87. The third kappa shape index (κ3) is 1.51. The summed E-state index contributed by atoms with van der Waals surface area (Å²) < 4.78 is 38.5. The van der Waals surface area contributed by atoms with Crippen molar-refractivity contribution in [2.24, 2.45) is 0 Å². The molecule has 1 heterocycles. The normalized spacial score (nSPS) is 10.5. The summed E-state index contributed by atoms with van der Waals surface area (Å²) in [5, 5.41) is 0. The Balaban J connectivity index is 2.55. The van der Waals surface area contributed by atoms with Crippen LogP contribution < -0.4 is 0 Å². The van der Waals surface area contributed by atoms with E-state index in [0.717, 1.165) is 30.5 Å². The van der Waals surface area contributed by atoms with Crippen LogP contribution in [0.5, 0.6) is 0 Å². The van der Waals surface area contributed by atoms with Crippen molar-refractivity contribution in [3.05, 3.63) is 47.9 Å². The summed E-state index contributed by atoms with van der Waals surface area (Å²) in [5.74, 6) is -1.66. The number of hydrogen-bond donors (Lipinski definition) is 1. The van der Waals surface area contributed by atoms with Gasteiger partial charge in [0.1, 0.15) is 17.5 Å². The fraction of sp³-hybridized carbons (Fsp3) is 0. The summed E-state index contributed by atoms with van der Waals surface area (Å²) in [6, 6.07) is 4.14. The van der Waals surface area contributed by atoms with E-state index in [4.69, 9.17) is 0 Å². The molecular weight excluding hydrogens is 191 g/mol. The largest absolute Gasteiger partial charge is 0.358 e. The smallest absolute Gasteiger partial charge is 0.141 e. The van der Waals surface area contributed by atoms with Gasteiger partial charge in [0.2, 0.25) is 0 Å². The lowest BCUT2D eigenvalue weighted by Gasteiger charge is -1.99. The van der Waals surface area contributed by atoms with Gasteiger partial charge in [-0.3, -0.25) is 0 Å². The van der Waals surface area contributed by atoms with Gasteiger partial charge in [-0.2, -0.15) is 0 Å². The van der Waals surface area contributed by atoms with Gasteiger partial charge in [-0.05, 0) is 24.3 Å². The Bertz CT molecular complexity index is 462. The standard InChI is InChI=1S/C10H6F3N/c11-6-1-2-9(13)8(3-6)10-4-7(12)5-14-10/h1-5,14H. The van der Waals surface area contributed by atoms with Crippen LogP contribution in [0.3, 0.4) is 0 Å². The summed E-state index contributed by atoms with van der Waals surface area (Å²) in [4.78, 5) is 2.51. The van der Waals surface area contributed by atoms with E-state index in [9.17, 15) is 13.2 Å². The molecule has 14 heavy (non-hydrogen) atoms. The maximum atomic E-state index is 13.2. The molecule has 0 aliphatic rings. The number of benzene rings is 1. The first-order chi connectivity index (χ1) is 6.66. The zero-order valence-corrected chi connectivity index (χ0v) is 7.02. The van der Waals surface area contributed by atoms with Crippen molar-refractivity contribution in [3.8, 4) is 11.3 Å². The van der Waals surface area contributed by atoms with Crippen LogP contribution in [0, 0.1) is 17.5 Å². The Labute approximate surface area is 78.2 Å². The number of rotatable bonds is 1. The molecule has 0 aliphatic carbocycles. The number of aromatic amines is 1. The van der Waals surface area contributed by atoms with E-state index >= 15 is 0 Å². The molecule has 4 heteroatoms. The first kappa shape index (κ1) is 8.87. The maximum Gasteiger partial charge on any atom is 0.141 e. The topological polar surface area (TPSA) is 15.8 Å². The van der Waals surface area contributed by atoms with Crippen LogP contribution in [-0.2, 0) is 0 Å². The zero-order valence-electron chi connectivity index (χ0n) is 7.02. The number of hydrogen-bond acceptors (Lipinski definition) is 0. The number of halogens is 3. The molecule has 0 fully saturated rings. The molecule has 1 N–H and O–H groups in total. The van der Waals surface area contributed by atoms with Crippen LogP contribution in [0.2, 0.25) is 0 Å². The summed E-state index contributed by atoms with van der Waals surface area (Å²) in [6.45, 7) is 0. The van der Waals surface area contributed by atoms with Gasteiger partial charge in [-0.15, -0.1) is 0 Å². The molecule has 2 rings (SSSR count). The molecule has 0 unspecified atom stereocenters. The fourth-order valence-corrected chi connectivity index (χ4v) is 1.23. The first-order valence-electron chi connectivity index (χ1n) is 3.96. The van der Waals surface area contributed by atoms with Gasteiger partial charge >= 0.3 is 0 Å². The second kappa shape index (κ2) is 3.21. The molecule has 0 aliphatic heterocycles. The fourth-order valence-electron chi connectivity index (χ4n) is 1.23. The maximum absolute atomic E-state index is 13.2. The van der Waals surface area contributed by atoms with Gasteiger partial charge in [-0.25, -0.2) is 13.2 Å². The van der Waals surface area contributed by atoms with Gasteiger partial charge in [0, 0.05) is 11.8 Å². The molecule has 2 aromatic rings. The molecular formula is C10H6F3N. The lowest BCUT2D eigenvalue weighted by molar-refractivity contribution is 0.602. The second-order valence-corrected chi connectivity index (χ2v) is 2.86. The van der Waals surface area contributed by atoms with Gasteiger partial charge in [0.15, 0.2) is 0 Å². The molecule has 0 bridgehead atoms. The number of nitrogens with one attached hydrogen (secondary N) is 1. The molecule has 0 saturated carbocycles. The van der Waals surface area contributed by atoms with E-state index in [-0.39, 0.29) is 11.3 Å². The molecule has 1 nitrogen and oxygen atoms in total. The van der Waals surface area contributed by atoms with Crippen molar-refractivity contribution in [2.45, 2.75) is 0 Å². The molecule has 72 valence electrons. The molecule has 0 saturated heterocycles. The molecule has 0 atom stereocenters. The van der Waals surface area contributed by atoms with E-state index in [1.807, 2.05) is 0 Å². The van der Waals surface area contributed by atoms with Crippen LogP contribution in [0.1, 0.15) is 0 Å². The van der Waals surface area contributed by atoms with Crippen molar-refractivity contribution in [2.75, 3.05) is 0 Å². The quantitative estimate of drug-likeness (QED) is 0.723. The minimum Gasteiger partial charge on any atom is -0.358 e. The minimum absolute atomic E-state index is 0.0221. The number of aromatic nitrogens is 1. The Morgan fingerprint density at radius 1 is 0.929 bits per heavy atom. The SMILES string of the molecule is Fc1c[nH]c(-c2cc(F)ccc2F)c1. The van der Waals surface area contributed by atoms with Crippen molar-refractivity contribution >= 4 is 0 Å². The second-order valence-electron chi connectivity index (χ2n) is 2.86. The van der Waals surface area contributed by atoms with Gasteiger partial charge in [0.05, 0.1) is 5.69 Å². The molecule has 1 aromatic heterocycles. The van der Waals surface area contributed by atoms with Crippen LogP contribution in [0.25, 0.3) is 11.3 Å². The minimum atomic E-state index is -0.590. The Morgan fingerprint density at radius 3 is 2.36 bits per heavy atom. The molecule has 0 amide bonds. The zero-order chi connectivity index (χ0) is 10.1. The molecule has 0 spiro atoms. The first-order valence-corrected chi connectivity index (χ1v) is 3.96. The Morgan fingerprint density at radius 2 is 1.71 bits per heavy atom. The lowest BCUT2D eigenvalue weighted by atomic mass is 10.1. The van der Waals surface area contributed by atoms with Gasteiger partial charge < -0.3 is 4.98 Å². The Hall–Kier alpha value is -1.71. The summed E-state index contributed by atoms with van der Waals surface area (Å²) in [5.41, 5.74) is 0.244. The highest BCUT2D eigenvalue weighted by molar-refractivity contribution is 5.60. The predicted octanol–water partition coefficient (Wildman–Crippen LogP) is 3.10. The number of H-pyrrole nitrogens is 1. The van der Waals surface area contributed by atoms with Gasteiger partial charge in [-0.1, -0.05) is 0 Å². The third-order valence-corrected chi connectivity index (χ3v) is 1.87. The highest BCUT2D eigenvalue weighted by Crippen LogP contribution is 2.22. The molecule has 1 aromatic carbocycles. The van der Waals surface area contributed by atoms with Crippen molar-refractivity contribution in [3.63, 3.8) is 0 Å². The highest BCUT2D eigenvalue weighted by atomic mass is 19.1. The van der Waals surface area contributed by atoms with Crippen LogP contribution in [0.15, 0.2) is 30.5 Å². The van der Waals surface area contributed by atoms with Crippen LogP contribution >= 0.6 is 0 Å². The lowest BCUT2D eigenvalue weighted by Crippen LogP contribution is -1.85. The summed E-state index contributed by atoms with van der Waals surface area (Å²) in [7, 11) is 0. The monoisotopic (exact) mass is 197 g/mol. The van der Waals surface area contributed by atoms with E-state index in [1.54, 1.807) is 0 Å². The van der Waals surface area contributed by atoms with Crippen LogP contribution in [0.4, 0.5) is 13.2 Å². The van der Waals surface area contributed by atoms with Gasteiger partial charge in [0.25, 0.3) is 0 Å². The van der Waals surface area contributed by atoms with Crippen molar-refractivity contribution in [1.29, 1.82) is 0 Å². The highest BCUT2D eigenvalue weighted by Gasteiger charge is 2.08.